The molecule has 0 aliphatic heterocycles. The lowest BCUT2D eigenvalue weighted by atomic mass is 10.0. The summed E-state index contributed by atoms with van der Waals surface area (Å²) in [6.07, 6.45) is 1.33. The molecule has 2 rings (SSSR count). The number of benzene rings is 2. The number of alkyl carbamates (subject to hydrolysis) is 1. The summed E-state index contributed by atoms with van der Waals surface area (Å²) in [6, 6.07) is 19.9. The molecule has 1 amide bonds. The second-order valence-electron chi connectivity index (χ2n) is 5.00. The SMILES string of the molecule is CC[C@H](Cc1ccccc1)NC(=O)OCc1ccccc1. The zero-order valence-corrected chi connectivity index (χ0v) is 12.3. The molecule has 0 saturated carbocycles. The highest BCUT2D eigenvalue weighted by Crippen LogP contribution is 2.06. The molecule has 0 saturated heterocycles. The van der Waals surface area contributed by atoms with Gasteiger partial charge in [-0.3, -0.25) is 0 Å². The maximum atomic E-state index is 11.8. The first-order valence-corrected chi connectivity index (χ1v) is 7.29. The van der Waals surface area contributed by atoms with Gasteiger partial charge in [0.1, 0.15) is 6.61 Å². The highest BCUT2D eigenvalue weighted by molar-refractivity contribution is 5.67. The highest BCUT2D eigenvalue weighted by Gasteiger charge is 2.12. The smallest absolute Gasteiger partial charge is 0.407 e. The summed E-state index contributed by atoms with van der Waals surface area (Å²) in [6.45, 7) is 2.36. The van der Waals surface area contributed by atoms with Gasteiger partial charge in [-0.1, -0.05) is 67.6 Å². The number of carbonyl (C=O) groups is 1. The van der Waals surface area contributed by atoms with Crippen molar-refractivity contribution in [2.75, 3.05) is 0 Å². The molecule has 3 heteroatoms. The maximum Gasteiger partial charge on any atom is 0.407 e. The fourth-order valence-corrected chi connectivity index (χ4v) is 2.13. The zero-order chi connectivity index (χ0) is 14.9. The van der Waals surface area contributed by atoms with Crippen LogP contribution >= 0.6 is 0 Å². The standard InChI is InChI=1S/C18H21NO2/c1-2-17(13-15-9-5-3-6-10-15)19-18(20)21-14-16-11-7-4-8-12-16/h3-12,17H,2,13-14H2,1H3,(H,19,20)/t17-/m1/s1. The van der Waals surface area contributed by atoms with E-state index < -0.39 is 0 Å². The van der Waals surface area contributed by atoms with Gasteiger partial charge >= 0.3 is 6.09 Å². The van der Waals surface area contributed by atoms with E-state index >= 15 is 0 Å². The molecule has 0 spiro atoms. The van der Waals surface area contributed by atoms with Gasteiger partial charge in [-0.2, -0.15) is 0 Å². The first-order valence-electron chi connectivity index (χ1n) is 7.29. The van der Waals surface area contributed by atoms with Crippen LogP contribution < -0.4 is 5.32 Å². The van der Waals surface area contributed by atoms with Gasteiger partial charge in [0, 0.05) is 6.04 Å². The Labute approximate surface area is 126 Å². The molecular formula is C18H21NO2. The summed E-state index contributed by atoms with van der Waals surface area (Å²) >= 11 is 0. The molecule has 0 aliphatic rings. The molecular weight excluding hydrogens is 262 g/mol. The molecule has 2 aromatic carbocycles. The molecule has 0 aromatic heterocycles. The molecule has 3 nitrogen and oxygen atoms in total. The van der Waals surface area contributed by atoms with Crippen LogP contribution in [-0.2, 0) is 17.8 Å². The Morgan fingerprint density at radius 1 is 1.00 bits per heavy atom. The lowest BCUT2D eigenvalue weighted by Gasteiger charge is -2.17. The first-order chi connectivity index (χ1) is 10.3. The third kappa shape index (κ3) is 5.30. The third-order valence-corrected chi connectivity index (χ3v) is 3.35. The van der Waals surface area contributed by atoms with Crippen LogP contribution in [0.5, 0.6) is 0 Å². The molecule has 0 fully saturated rings. The van der Waals surface area contributed by atoms with Gasteiger partial charge in [0.15, 0.2) is 0 Å². The van der Waals surface area contributed by atoms with E-state index in [4.69, 9.17) is 4.74 Å². The van der Waals surface area contributed by atoms with E-state index in [0.717, 1.165) is 18.4 Å². The number of rotatable bonds is 6. The summed E-state index contributed by atoms with van der Waals surface area (Å²) in [5.74, 6) is 0. The van der Waals surface area contributed by atoms with E-state index in [9.17, 15) is 4.79 Å². The molecule has 110 valence electrons. The molecule has 21 heavy (non-hydrogen) atoms. The lowest BCUT2D eigenvalue weighted by molar-refractivity contribution is 0.135. The van der Waals surface area contributed by atoms with Gasteiger partial charge < -0.3 is 10.1 Å². The van der Waals surface area contributed by atoms with Gasteiger partial charge in [0.05, 0.1) is 0 Å². The number of amides is 1. The van der Waals surface area contributed by atoms with Gasteiger partial charge in [-0.05, 0) is 24.0 Å². The Balaban J connectivity index is 1.80. The summed E-state index contributed by atoms with van der Waals surface area (Å²) in [4.78, 5) is 11.8. The Kier molecular flexibility index (Phi) is 5.83. The predicted molar refractivity (Wildman–Crippen MR) is 84.0 cm³/mol. The minimum Gasteiger partial charge on any atom is -0.445 e. The second-order valence-corrected chi connectivity index (χ2v) is 5.00. The Bertz CT molecular complexity index is 540. The van der Waals surface area contributed by atoms with Crippen molar-refractivity contribution in [1.29, 1.82) is 0 Å². The molecule has 0 aliphatic carbocycles. The molecule has 0 radical (unpaired) electrons. The molecule has 1 atom stereocenters. The summed E-state index contributed by atoms with van der Waals surface area (Å²) in [5.41, 5.74) is 2.21. The van der Waals surface area contributed by atoms with Crippen LogP contribution in [0, 0.1) is 0 Å². The average Bonchev–Trinajstić information content (AvgIpc) is 2.54. The third-order valence-electron chi connectivity index (χ3n) is 3.35. The highest BCUT2D eigenvalue weighted by atomic mass is 16.5. The fraction of sp³-hybridized carbons (Fsp3) is 0.278. The fourth-order valence-electron chi connectivity index (χ4n) is 2.13. The number of carbonyl (C=O) groups excluding carboxylic acids is 1. The van der Waals surface area contributed by atoms with Gasteiger partial charge in [-0.15, -0.1) is 0 Å². The Morgan fingerprint density at radius 2 is 1.57 bits per heavy atom. The number of hydrogen-bond acceptors (Lipinski definition) is 2. The Morgan fingerprint density at radius 3 is 2.14 bits per heavy atom. The molecule has 0 bridgehead atoms. The molecule has 0 unspecified atom stereocenters. The molecule has 2 aromatic rings. The number of hydrogen-bond donors (Lipinski definition) is 1. The van der Waals surface area contributed by atoms with Crippen LogP contribution in [0.4, 0.5) is 4.79 Å². The van der Waals surface area contributed by atoms with E-state index in [2.05, 4.69) is 24.4 Å². The number of ether oxygens (including phenoxy) is 1. The van der Waals surface area contributed by atoms with E-state index in [-0.39, 0.29) is 12.1 Å². The van der Waals surface area contributed by atoms with Crippen molar-refractivity contribution in [3.8, 4) is 0 Å². The van der Waals surface area contributed by atoms with Crippen molar-refractivity contribution in [3.05, 3.63) is 71.8 Å². The summed E-state index contributed by atoms with van der Waals surface area (Å²) in [5, 5.41) is 2.92. The quantitative estimate of drug-likeness (QED) is 0.872. The van der Waals surface area contributed by atoms with Crippen LogP contribution in [0.1, 0.15) is 24.5 Å². The van der Waals surface area contributed by atoms with E-state index in [0.29, 0.717) is 6.61 Å². The van der Waals surface area contributed by atoms with Crippen LogP contribution in [0.25, 0.3) is 0 Å². The average molecular weight is 283 g/mol. The molecule has 0 heterocycles. The van der Waals surface area contributed by atoms with Gasteiger partial charge in [-0.25, -0.2) is 4.79 Å². The largest absolute Gasteiger partial charge is 0.445 e. The predicted octanol–water partition coefficient (Wildman–Crippen LogP) is 3.93. The van der Waals surface area contributed by atoms with Gasteiger partial charge in [0.2, 0.25) is 0 Å². The van der Waals surface area contributed by atoms with Crippen LogP contribution in [0.2, 0.25) is 0 Å². The van der Waals surface area contributed by atoms with E-state index in [1.54, 1.807) is 0 Å². The summed E-state index contributed by atoms with van der Waals surface area (Å²) < 4.78 is 5.25. The van der Waals surface area contributed by atoms with Crippen LogP contribution in [0.15, 0.2) is 60.7 Å². The van der Waals surface area contributed by atoms with Crippen molar-refractivity contribution >= 4 is 6.09 Å². The van der Waals surface area contributed by atoms with Crippen LogP contribution in [0.3, 0.4) is 0 Å². The lowest BCUT2D eigenvalue weighted by Crippen LogP contribution is -2.36. The van der Waals surface area contributed by atoms with Crippen molar-refractivity contribution in [1.82, 2.24) is 5.32 Å². The zero-order valence-electron chi connectivity index (χ0n) is 12.3. The van der Waals surface area contributed by atoms with Crippen molar-refractivity contribution in [2.24, 2.45) is 0 Å². The van der Waals surface area contributed by atoms with Crippen molar-refractivity contribution < 1.29 is 9.53 Å². The van der Waals surface area contributed by atoms with Crippen molar-refractivity contribution in [2.45, 2.75) is 32.4 Å². The van der Waals surface area contributed by atoms with Gasteiger partial charge in [0.25, 0.3) is 0 Å². The van der Waals surface area contributed by atoms with Crippen molar-refractivity contribution in [3.63, 3.8) is 0 Å². The normalized spacial score (nSPS) is 11.7. The van der Waals surface area contributed by atoms with E-state index in [1.165, 1.54) is 5.56 Å². The monoisotopic (exact) mass is 283 g/mol. The number of nitrogens with one attached hydrogen (secondary N) is 1. The topological polar surface area (TPSA) is 38.3 Å². The van der Waals surface area contributed by atoms with E-state index in [1.807, 2.05) is 48.5 Å². The minimum atomic E-state index is -0.360. The first kappa shape index (κ1) is 15.1. The second kappa shape index (κ2) is 8.10. The minimum absolute atomic E-state index is 0.0932. The Hall–Kier alpha value is -2.29. The maximum absolute atomic E-state index is 11.8. The van der Waals surface area contributed by atoms with Crippen LogP contribution in [-0.4, -0.2) is 12.1 Å². The summed E-state index contributed by atoms with van der Waals surface area (Å²) in [7, 11) is 0. The molecule has 1 N–H and O–H groups in total.